The van der Waals surface area contributed by atoms with E-state index in [0.717, 1.165) is 38.1 Å². The molecule has 1 aromatic rings. The van der Waals surface area contributed by atoms with Gasteiger partial charge in [0.15, 0.2) is 0 Å². The van der Waals surface area contributed by atoms with Gasteiger partial charge < -0.3 is 5.32 Å². The predicted molar refractivity (Wildman–Crippen MR) is 74.9 cm³/mol. The Balaban J connectivity index is 2.08. The molecule has 1 aliphatic heterocycles. The van der Waals surface area contributed by atoms with Crippen LogP contribution in [-0.4, -0.2) is 30.6 Å². The number of likely N-dealkylation sites (N-methyl/N-ethyl adjacent to an activating group) is 1. The number of halogens is 3. The van der Waals surface area contributed by atoms with Crippen molar-refractivity contribution in [2.24, 2.45) is 0 Å². The average molecular weight is 297 g/mol. The fourth-order valence-corrected chi connectivity index (χ4v) is 2.74. The summed E-state index contributed by atoms with van der Waals surface area (Å²) in [5, 5.41) is 12.1. The highest BCUT2D eigenvalue weighted by Crippen LogP contribution is 2.31. The second kappa shape index (κ2) is 6.35. The summed E-state index contributed by atoms with van der Waals surface area (Å²) in [6, 6.07) is 5.46. The summed E-state index contributed by atoms with van der Waals surface area (Å²) in [6.45, 7) is 4.76. The lowest BCUT2D eigenvalue weighted by atomic mass is 10.1. The lowest BCUT2D eigenvalue weighted by Crippen LogP contribution is -2.34. The number of benzene rings is 1. The van der Waals surface area contributed by atoms with E-state index in [4.69, 9.17) is 5.26 Å². The quantitative estimate of drug-likeness (QED) is 0.925. The van der Waals surface area contributed by atoms with Gasteiger partial charge in [-0.15, -0.1) is 0 Å². The summed E-state index contributed by atoms with van der Waals surface area (Å²) >= 11 is 0. The highest BCUT2D eigenvalue weighted by atomic mass is 19.4. The van der Waals surface area contributed by atoms with Crippen molar-refractivity contribution in [3.8, 4) is 6.07 Å². The van der Waals surface area contributed by atoms with Crippen molar-refractivity contribution in [3.63, 3.8) is 0 Å². The average Bonchev–Trinajstić information content (AvgIpc) is 2.91. The molecule has 0 aliphatic carbocycles. The summed E-state index contributed by atoms with van der Waals surface area (Å²) in [6.07, 6.45) is -2.21. The number of anilines is 1. The van der Waals surface area contributed by atoms with Crippen LogP contribution in [0.15, 0.2) is 18.2 Å². The van der Waals surface area contributed by atoms with E-state index < -0.39 is 11.7 Å². The summed E-state index contributed by atoms with van der Waals surface area (Å²) in [4.78, 5) is 2.34. The van der Waals surface area contributed by atoms with Gasteiger partial charge in [-0.3, -0.25) is 4.90 Å². The van der Waals surface area contributed by atoms with Crippen LogP contribution in [0, 0.1) is 11.3 Å². The van der Waals surface area contributed by atoms with Crippen LogP contribution in [0.4, 0.5) is 18.9 Å². The first-order valence-corrected chi connectivity index (χ1v) is 7.05. The zero-order valence-electron chi connectivity index (χ0n) is 11.9. The fourth-order valence-electron chi connectivity index (χ4n) is 2.74. The molecule has 1 N–H and O–H groups in total. The lowest BCUT2D eigenvalue weighted by molar-refractivity contribution is -0.137. The van der Waals surface area contributed by atoms with Crippen LogP contribution >= 0.6 is 0 Å². The topological polar surface area (TPSA) is 39.1 Å². The van der Waals surface area contributed by atoms with Crippen molar-refractivity contribution < 1.29 is 13.2 Å². The van der Waals surface area contributed by atoms with Gasteiger partial charge in [0, 0.05) is 12.6 Å². The maximum absolute atomic E-state index is 12.6. The largest absolute Gasteiger partial charge is 0.416 e. The zero-order valence-corrected chi connectivity index (χ0v) is 11.9. The summed E-state index contributed by atoms with van der Waals surface area (Å²) in [7, 11) is 0. The Labute approximate surface area is 122 Å². The maximum atomic E-state index is 12.6. The minimum atomic E-state index is -4.42. The van der Waals surface area contributed by atoms with Gasteiger partial charge in [0.25, 0.3) is 0 Å². The number of alkyl halides is 3. The van der Waals surface area contributed by atoms with Gasteiger partial charge in [-0.2, -0.15) is 18.4 Å². The number of hydrogen-bond donors (Lipinski definition) is 1. The Bertz CT molecular complexity index is 534. The van der Waals surface area contributed by atoms with Crippen molar-refractivity contribution in [3.05, 3.63) is 29.3 Å². The number of nitrogens with zero attached hydrogens (tertiary/aromatic N) is 2. The second-order valence-electron chi connectivity index (χ2n) is 5.18. The van der Waals surface area contributed by atoms with Crippen molar-refractivity contribution in [1.29, 1.82) is 5.26 Å². The van der Waals surface area contributed by atoms with Gasteiger partial charge in [-0.1, -0.05) is 6.92 Å². The Morgan fingerprint density at radius 1 is 1.43 bits per heavy atom. The third kappa shape index (κ3) is 3.67. The van der Waals surface area contributed by atoms with E-state index in [0.29, 0.717) is 18.3 Å². The molecule has 3 nitrogen and oxygen atoms in total. The van der Waals surface area contributed by atoms with E-state index in [1.165, 1.54) is 6.07 Å². The van der Waals surface area contributed by atoms with Crippen molar-refractivity contribution in [2.45, 2.75) is 32.0 Å². The van der Waals surface area contributed by atoms with Gasteiger partial charge in [-0.25, -0.2) is 0 Å². The number of likely N-dealkylation sites (tertiary alicyclic amines) is 1. The van der Waals surface area contributed by atoms with Gasteiger partial charge in [0.1, 0.15) is 6.07 Å². The fraction of sp³-hybridized carbons (Fsp3) is 0.533. The molecule has 1 atom stereocenters. The number of nitrogens with one attached hydrogen (secondary N) is 1. The molecule has 1 unspecified atom stereocenters. The molecule has 0 saturated carbocycles. The molecule has 0 radical (unpaired) electrons. The highest BCUT2D eigenvalue weighted by molar-refractivity contribution is 5.59. The number of rotatable bonds is 4. The van der Waals surface area contributed by atoms with E-state index in [2.05, 4.69) is 17.1 Å². The van der Waals surface area contributed by atoms with Crippen LogP contribution in [0.25, 0.3) is 0 Å². The molecule has 0 spiro atoms. The normalized spacial score (nSPS) is 19.5. The van der Waals surface area contributed by atoms with Gasteiger partial charge in [-0.05, 0) is 44.1 Å². The van der Waals surface area contributed by atoms with E-state index >= 15 is 0 Å². The minimum Gasteiger partial charge on any atom is -0.382 e. The molecule has 21 heavy (non-hydrogen) atoms. The van der Waals surface area contributed by atoms with Crippen molar-refractivity contribution in [2.75, 3.05) is 25.0 Å². The molecular weight excluding hydrogens is 279 g/mol. The predicted octanol–water partition coefficient (Wildman–Crippen LogP) is 3.47. The molecule has 0 bridgehead atoms. The second-order valence-corrected chi connectivity index (χ2v) is 5.18. The van der Waals surface area contributed by atoms with Gasteiger partial charge >= 0.3 is 6.18 Å². The molecule has 0 amide bonds. The summed E-state index contributed by atoms with van der Waals surface area (Å²) in [5.74, 6) is 0. The SMILES string of the molecule is CCN1CCCC1CNc1ccc(C(F)(F)F)cc1C#N. The number of nitriles is 1. The van der Waals surface area contributed by atoms with E-state index in [1.807, 2.05) is 6.07 Å². The van der Waals surface area contributed by atoms with Crippen LogP contribution in [0.2, 0.25) is 0 Å². The Kier molecular flexibility index (Phi) is 4.73. The van der Waals surface area contributed by atoms with Gasteiger partial charge in [0.05, 0.1) is 16.8 Å². The first-order chi connectivity index (χ1) is 9.95. The standard InChI is InChI=1S/C15H18F3N3/c1-2-21-7-3-4-13(21)10-20-14-6-5-12(15(16,17)18)8-11(14)9-19/h5-6,8,13,20H,2-4,7,10H2,1H3. The van der Waals surface area contributed by atoms with E-state index in [9.17, 15) is 13.2 Å². The first kappa shape index (κ1) is 15.6. The van der Waals surface area contributed by atoms with Crippen LogP contribution in [-0.2, 0) is 6.18 Å². The number of hydrogen-bond acceptors (Lipinski definition) is 3. The lowest BCUT2D eigenvalue weighted by Gasteiger charge is -2.23. The summed E-state index contributed by atoms with van der Waals surface area (Å²) in [5.41, 5.74) is -0.292. The molecule has 1 aromatic carbocycles. The molecule has 114 valence electrons. The Hall–Kier alpha value is -1.74. The Morgan fingerprint density at radius 3 is 2.81 bits per heavy atom. The molecule has 1 heterocycles. The van der Waals surface area contributed by atoms with Crippen LogP contribution in [0.1, 0.15) is 30.9 Å². The monoisotopic (exact) mass is 297 g/mol. The van der Waals surface area contributed by atoms with Crippen LogP contribution in [0.5, 0.6) is 0 Å². The third-order valence-corrected chi connectivity index (χ3v) is 3.90. The molecule has 1 saturated heterocycles. The first-order valence-electron chi connectivity index (χ1n) is 7.05. The van der Waals surface area contributed by atoms with E-state index in [-0.39, 0.29) is 5.56 Å². The van der Waals surface area contributed by atoms with Crippen molar-refractivity contribution >= 4 is 5.69 Å². The maximum Gasteiger partial charge on any atom is 0.416 e. The highest BCUT2D eigenvalue weighted by Gasteiger charge is 2.31. The van der Waals surface area contributed by atoms with Crippen LogP contribution in [0.3, 0.4) is 0 Å². The van der Waals surface area contributed by atoms with Gasteiger partial charge in [0.2, 0.25) is 0 Å². The zero-order chi connectivity index (χ0) is 15.5. The molecular formula is C15H18F3N3. The minimum absolute atomic E-state index is 0.0332. The molecule has 2 rings (SSSR count). The summed E-state index contributed by atoms with van der Waals surface area (Å²) < 4.78 is 37.9. The van der Waals surface area contributed by atoms with E-state index in [1.54, 1.807) is 0 Å². The third-order valence-electron chi connectivity index (χ3n) is 3.90. The molecule has 6 heteroatoms. The molecule has 0 aromatic heterocycles. The van der Waals surface area contributed by atoms with Crippen LogP contribution < -0.4 is 5.32 Å². The molecule has 1 fully saturated rings. The smallest absolute Gasteiger partial charge is 0.382 e. The van der Waals surface area contributed by atoms with Crippen molar-refractivity contribution in [1.82, 2.24) is 4.90 Å². The Morgan fingerprint density at radius 2 is 2.19 bits per heavy atom. The molecule has 1 aliphatic rings.